The fourth-order valence-electron chi connectivity index (χ4n) is 2.47. The second-order valence-electron chi connectivity index (χ2n) is 5.25. The lowest BCUT2D eigenvalue weighted by Gasteiger charge is -2.30. The summed E-state index contributed by atoms with van der Waals surface area (Å²) < 4.78 is 42.6. The van der Waals surface area contributed by atoms with Crippen LogP contribution in [0.2, 0.25) is 0 Å². The Labute approximate surface area is 110 Å². The topological polar surface area (TPSA) is 50.4 Å². The minimum Gasteiger partial charge on any atom is -0.381 e. The van der Waals surface area contributed by atoms with Crippen molar-refractivity contribution in [3.63, 3.8) is 0 Å². The van der Waals surface area contributed by atoms with Crippen LogP contribution in [0.5, 0.6) is 0 Å². The number of alkyl halides is 3. The minimum atomic E-state index is -4.17. The fraction of sp³-hybridized carbons (Fsp3) is 0.917. The normalized spacial score (nSPS) is 32.3. The molecule has 3 unspecified atom stereocenters. The third-order valence-corrected chi connectivity index (χ3v) is 3.78. The van der Waals surface area contributed by atoms with Crippen LogP contribution >= 0.6 is 0 Å². The van der Waals surface area contributed by atoms with Crippen LogP contribution < -0.4 is 10.6 Å². The van der Waals surface area contributed by atoms with Crippen LogP contribution in [0.1, 0.15) is 19.3 Å². The lowest BCUT2D eigenvalue weighted by molar-refractivity contribution is -0.180. The van der Waals surface area contributed by atoms with Gasteiger partial charge in [-0.3, -0.25) is 4.79 Å². The van der Waals surface area contributed by atoms with Crippen molar-refractivity contribution in [2.24, 2.45) is 11.8 Å². The molecule has 2 fully saturated rings. The molecule has 0 aromatic rings. The molecule has 2 N–H and O–H groups in total. The Bertz CT molecular complexity index is 309. The monoisotopic (exact) mass is 280 g/mol. The van der Waals surface area contributed by atoms with Crippen LogP contribution in [0.15, 0.2) is 0 Å². The number of hydrogen-bond donors (Lipinski definition) is 2. The second kappa shape index (κ2) is 6.09. The molecule has 0 spiro atoms. The summed E-state index contributed by atoms with van der Waals surface area (Å²) in [5.41, 5.74) is 0. The molecule has 0 bridgehead atoms. The maximum Gasteiger partial charge on any atom is 0.393 e. The van der Waals surface area contributed by atoms with E-state index in [1.54, 1.807) is 0 Å². The van der Waals surface area contributed by atoms with Crippen LogP contribution in [-0.2, 0) is 9.53 Å². The molecule has 2 rings (SSSR count). The van der Waals surface area contributed by atoms with Gasteiger partial charge in [-0.15, -0.1) is 0 Å². The van der Waals surface area contributed by atoms with Crippen molar-refractivity contribution < 1.29 is 22.7 Å². The van der Waals surface area contributed by atoms with E-state index in [1.165, 1.54) is 0 Å². The maximum atomic E-state index is 12.5. The van der Waals surface area contributed by atoms with Crippen LogP contribution in [0.4, 0.5) is 13.2 Å². The molecule has 110 valence electrons. The van der Waals surface area contributed by atoms with Crippen LogP contribution in [0.25, 0.3) is 0 Å². The molecule has 0 radical (unpaired) electrons. The first-order chi connectivity index (χ1) is 8.97. The number of carbonyl (C=O) groups excluding carboxylic acids is 1. The Balaban J connectivity index is 1.70. The quantitative estimate of drug-likeness (QED) is 0.813. The molecule has 19 heavy (non-hydrogen) atoms. The number of ether oxygens (including phenoxy) is 1. The Morgan fingerprint density at radius 1 is 1.32 bits per heavy atom. The van der Waals surface area contributed by atoms with E-state index in [9.17, 15) is 18.0 Å². The SMILES string of the molecule is O=C(NCC1CCOC1)C1CCC(C(F)(F)F)CN1. The van der Waals surface area contributed by atoms with Gasteiger partial charge in [0.15, 0.2) is 0 Å². The van der Waals surface area contributed by atoms with E-state index in [2.05, 4.69) is 10.6 Å². The third-order valence-electron chi connectivity index (χ3n) is 3.78. The standard InChI is InChI=1S/C12H19F3N2O2/c13-12(14,15)9-1-2-10(16-6-9)11(18)17-5-8-3-4-19-7-8/h8-10,16H,1-7H2,(H,17,18). The van der Waals surface area contributed by atoms with Crippen molar-refractivity contribution in [1.82, 2.24) is 10.6 Å². The first-order valence-corrected chi connectivity index (χ1v) is 6.62. The van der Waals surface area contributed by atoms with E-state index in [-0.39, 0.29) is 25.3 Å². The van der Waals surface area contributed by atoms with Crippen molar-refractivity contribution in [3.8, 4) is 0 Å². The zero-order chi connectivity index (χ0) is 13.9. The average molecular weight is 280 g/mol. The van der Waals surface area contributed by atoms with E-state index in [0.717, 1.165) is 13.0 Å². The fourth-order valence-corrected chi connectivity index (χ4v) is 2.47. The predicted octanol–water partition coefficient (Wildman–Crippen LogP) is 1.07. The van der Waals surface area contributed by atoms with Crippen molar-refractivity contribution in [2.75, 3.05) is 26.3 Å². The first kappa shape index (κ1) is 14.6. The highest BCUT2D eigenvalue weighted by molar-refractivity contribution is 5.81. The van der Waals surface area contributed by atoms with Gasteiger partial charge < -0.3 is 15.4 Å². The summed E-state index contributed by atoms with van der Waals surface area (Å²) in [4.78, 5) is 11.8. The Hall–Kier alpha value is -0.820. The number of carbonyl (C=O) groups is 1. The van der Waals surface area contributed by atoms with Gasteiger partial charge in [0, 0.05) is 25.6 Å². The summed E-state index contributed by atoms with van der Waals surface area (Å²) in [5, 5.41) is 5.47. The summed E-state index contributed by atoms with van der Waals surface area (Å²) in [5.74, 6) is -1.21. The predicted molar refractivity (Wildman–Crippen MR) is 62.5 cm³/mol. The maximum absolute atomic E-state index is 12.5. The van der Waals surface area contributed by atoms with Gasteiger partial charge in [0.1, 0.15) is 0 Å². The molecule has 3 atom stereocenters. The molecule has 0 saturated carbocycles. The molecule has 4 nitrogen and oxygen atoms in total. The molecule has 0 aromatic carbocycles. The van der Waals surface area contributed by atoms with Gasteiger partial charge in [0.05, 0.1) is 18.6 Å². The third kappa shape index (κ3) is 4.07. The highest BCUT2D eigenvalue weighted by atomic mass is 19.4. The van der Waals surface area contributed by atoms with Crippen LogP contribution in [0.3, 0.4) is 0 Å². The van der Waals surface area contributed by atoms with Gasteiger partial charge >= 0.3 is 6.18 Å². The van der Waals surface area contributed by atoms with Crippen molar-refractivity contribution >= 4 is 5.91 Å². The lowest BCUT2D eigenvalue weighted by Crippen LogP contribution is -2.51. The first-order valence-electron chi connectivity index (χ1n) is 6.62. The molecular weight excluding hydrogens is 261 g/mol. The number of nitrogens with one attached hydrogen (secondary N) is 2. The summed E-state index contributed by atoms with van der Waals surface area (Å²) in [6.45, 7) is 1.73. The number of piperidine rings is 1. The molecule has 1 amide bonds. The molecule has 0 aromatic heterocycles. The van der Waals surface area contributed by atoms with E-state index in [0.29, 0.717) is 19.1 Å². The largest absolute Gasteiger partial charge is 0.393 e. The highest BCUT2D eigenvalue weighted by Crippen LogP contribution is 2.31. The zero-order valence-corrected chi connectivity index (χ0v) is 10.6. The molecular formula is C12H19F3N2O2. The van der Waals surface area contributed by atoms with Gasteiger partial charge in [-0.25, -0.2) is 0 Å². The van der Waals surface area contributed by atoms with Gasteiger partial charge in [0.25, 0.3) is 0 Å². The van der Waals surface area contributed by atoms with Crippen molar-refractivity contribution in [2.45, 2.75) is 31.5 Å². The zero-order valence-electron chi connectivity index (χ0n) is 10.6. The van der Waals surface area contributed by atoms with Gasteiger partial charge in [-0.1, -0.05) is 0 Å². The Morgan fingerprint density at radius 2 is 2.11 bits per heavy atom. The number of halogens is 3. The van der Waals surface area contributed by atoms with E-state index in [4.69, 9.17) is 4.74 Å². The minimum absolute atomic E-state index is 0.0150. The van der Waals surface area contributed by atoms with E-state index < -0.39 is 18.1 Å². The van der Waals surface area contributed by atoms with E-state index >= 15 is 0 Å². The average Bonchev–Trinajstić information content (AvgIpc) is 2.88. The Kier molecular flexibility index (Phi) is 4.67. The van der Waals surface area contributed by atoms with Crippen molar-refractivity contribution in [3.05, 3.63) is 0 Å². The molecule has 7 heteroatoms. The van der Waals surface area contributed by atoms with E-state index in [1.807, 2.05) is 0 Å². The molecule has 2 aliphatic rings. The number of rotatable bonds is 3. The van der Waals surface area contributed by atoms with Gasteiger partial charge in [-0.05, 0) is 19.3 Å². The van der Waals surface area contributed by atoms with Gasteiger partial charge in [-0.2, -0.15) is 13.2 Å². The molecule has 2 heterocycles. The summed E-state index contributed by atoms with van der Waals surface area (Å²) in [6, 6.07) is -0.499. The van der Waals surface area contributed by atoms with Crippen LogP contribution in [-0.4, -0.2) is 44.4 Å². The van der Waals surface area contributed by atoms with Crippen LogP contribution in [0, 0.1) is 11.8 Å². The molecule has 2 aliphatic heterocycles. The summed E-state index contributed by atoms with van der Waals surface area (Å²) in [7, 11) is 0. The Morgan fingerprint density at radius 3 is 2.63 bits per heavy atom. The molecule has 2 saturated heterocycles. The smallest absolute Gasteiger partial charge is 0.381 e. The highest BCUT2D eigenvalue weighted by Gasteiger charge is 2.42. The molecule has 0 aliphatic carbocycles. The lowest BCUT2D eigenvalue weighted by atomic mass is 9.94. The van der Waals surface area contributed by atoms with Gasteiger partial charge in [0.2, 0.25) is 5.91 Å². The second-order valence-corrected chi connectivity index (χ2v) is 5.25. The van der Waals surface area contributed by atoms with Crippen molar-refractivity contribution in [1.29, 1.82) is 0 Å². The summed E-state index contributed by atoms with van der Waals surface area (Å²) >= 11 is 0. The summed E-state index contributed by atoms with van der Waals surface area (Å²) in [6.07, 6.45) is -3.00. The number of amides is 1. The number of hydrogen-bond acceptors (Lipinski definition) is 3.